The van der Waals surface area contributed by atoms with Crippen LogP contribution in [-0.4, -0.2) is 54.9 Å². The predicted octanol–water partition coefficient (Wildman–Crippen LogP) is 2.95. The molecule has 22 heavy (non-hydrogen) atoms. The molecule has 0 saturated carbocycles. The van der Waals surface area contributed by atoms with E-state index in [1.807, 2.05) is 30.3 Å². The normalized spacial score (nSPS) is 15.1. The van der Waals surface area contributed by atoms with Crippen LogP contribution in [0.2, 0.25) is 0 Å². The van der Waals surface area contributed by atoms with Crippen LogP contribution in [-0.2, 0) is 4.79 Å². The molecular formula is C16H15NaO4S. The number of ether oxygens (including phenoxy) is 2. The van der Waals surface area contributed by atoms with Crippen LogP contribution in [0.4, 0.5) is 0 Å². The number of thioether (sulfide) groups is 1. The van der Waals surface area contributed by atoms with Crippen LogP contribution in [0.3, 0.4) is 0 Å². The summed E-state index contributed by atoms with van der Waals surface area (Å²) in [5.41, 5.74) is 2.57. The van der Waals surface area contributed by atoms with Gasteiger partial charge in [0.15, 0.2) is 11.5 Å². The van der Waals surface area contributed by atoms with Crippen molar-refractivity contribution in [2.24, 2.45) is 0 Å². The van der Waals surface area contributed by atoms with Crippen LogP contribution in [0, 0.1) is 0 Å². The molecule has 0 amide bonds. The molecule has 1 atom stereocenters. The monoisotopic (exact) mass is 326 g/mol. The van der Waals surface area contributed by atoms with E-state index < -0.39 is 11.2 Å². The molecule has 1 heterocycles. The van der Waals surface area contributed by atoms with E-state index in [0.717, 1.165) is 21.6 Å². The first kappa shape index (κ1) is 17.2. The molecule has 0 aliphatic carbocycles. The summed E-state index contributed by atoms with van der Waals surface area (Å²) in [6.45, 7) is 0. The Labute approximate surface area is 155 Å². The molecule has 110 valence electrons. The van der Waals surface area contributed by atoms with Gasteiger partial charge >= 0.3 is 35.5 Å². The van der Waals surface area contributed by atoms with Crippen molar-refractivity contribution >= 4 is 47.3 Å². The fraction of sp³-hybridized carbons (Fsp3) is 0.188. The number of carboxylic acids is 1. The zero-order chi connectivity index (χ0) is 15.0. The molecule has 0 radical (unpaired) electrons. The van der Waals surface area contributed by atoms with E-state index in [4.69, 9.17) is 9.47 Å². The van der Waals surface area contributed by atoms with E-state index in [1.165, 1.54) is 11.8 Å². The second-order valence-corrected chi connectivity index (χ2v) is 5.74. The Morgan fingerprint density at radius 3 is 2.50 bits per heavy atom. The molecular weight excluding hydrogens is 311 g/mol. The first-order valence-corrected chi connectivity index (χ1v) is 7.29. The van der Waals surface area contributed by atoms with Crippen molar-refractivity contribution in [3.05, 3.63) is 42.0 Å². The van der Waals surface area contributed by atoms with Crippen molar-refractivity contribution in [2.45, 2.75) is 10.1 Å². The predicted molar refractivity (Wildman–Crippen MR) is 88.4 cm³/mol. The summed E-state index contributed by atoms with van der Waals surface area (Å²) in [7, 11) is 3.18. The van der Waals surface area contributed by atoms with Gasteiger partial charge in [-0.3, -0.25) is 4.79 Å². The summed E-state index contributed by atoms with van der Waals surface area (Å²) in [6.07, 6.45) is 0. The fourth-order valence-corrected chi connectivity index (χ4v) is 3.74. The van der Waals surface area contributed by atoms with Gasteiger partial charge in [-0.25, -0.2) is 0 Å². The molecule has 0 spiro atoms. The number of carbonyl (C=O) groups is 1. The van der Waals surface area contributed by atoms with E-state index in [-0.39, 0.29) is 29.6 Å². The van der Waals surface area contributed by atoms with Gasteiger partial charge in [-0.2, -0.15) is 0 Å². The number of fused-ring (bicyclic) bond motifs is 3. The molecule has 1 aliphatic rings. The number of aliphatic carboxylic acids is 1. The SMILES string of the molecule is COc1ccc2c(c1OC)-c1ccccc1C(C(=O)O)S2.[NaH]. The number of hydrogen-bond donors (Lipinski definition) is 1. The summed E-state index contributed by atoms with van der Waals surface area (Å²) < 4.78 is 10.8. The van der Waals surface area contributed by atoms with E-state index in [1.54, 1.807) is 20.3 Å². The van der Waals surface area contributed by atoms with Gasteiger partial charge in [0.2, 0.25) is 0 Å². The van der Waals surface area contributed by atoms with Crippen LogP contribution >= 0.6 is 11.8 Å². The van der Waals surface area contributed by atoms with Gasteiger partial charge in [-0.15, -0.1) is 11.8 Å². The average Bonchev–Trinajstić information content (AvgIpc) is 2.52. The fourth-order valence-electron chi connectivity index (χ4n) is 2.59. The van der Waals surface area contributed by atoms with Gasteiger partial charge in [-0.1, -0.05) is 24.3 Å². The maximum absolute atomic E-state index is 11.5. The Bertz CT molecular complexity index is 717. The summed E-state index contributed by atoms with van der Waals surface area (Å²) in [5.74, 6) is 0.437. The molecule has 1 N–H and O–H groups in total. The van der Waals surface area contributed by atoms with Crippen LogP contribution in [0.5, 0.6) is 11.5 Å². The van der Waals surface area contributed by atoms with E-state index >= 15 is 0 Å². The third-order valence-corrected chi connectivity index (χ3v) is 4.77. The molecule has 0 aromatic heterocycles. The van der Waals surface area contributed by atoms with Crippen molar-refractivity contribution in [2.75, 3.05) is 14.2 Å². The third-order valence-electron chi connectivity index (χ3n) is 3.49. The molecule has 6 heteroatoms. The maximum atomic E-state index is 11.5. The van der Waals surface area contributed by atoms with Gasteiger partial charge in [0.25, 0.3) is 0 Å². The average molecular weight is 326 g/mol. The van der Waals surface area contributed by atoms with Crippen LogP contribution in [0.15, 0.2) is 41.3 Å². The molecule has 2 aromatic carbocycles. The zero-order valence-corrected chi connectivity index (χ0v) is 12.4. The zero-order valence-electron chi connectivity index (χ0n) is 11.6. The van der Waals surface area contributed by atoms with Crippen molar-refractivity contribution in [1.82, 2.24) is 0 Å². The second-order valence-electron chi connectivity index (χ2n) is 4.60. The topological polar surface area (TPSA) is 55.8 Å². The minimum atomic E-state index is -0.840. The molecule has 1 aliphatic heterocycles. The number of benzene rings is 2. The van der Waals surface area contributed by atoms with Crippen LogP contribution in [0.25, 0.3) is 11.1 Å². The summed E-state index contributed by atoms with van der Waals surface area (Å²) in [6, 6.07) is 11.2. The molecule has 0 saturated heterocycles. The van der Waals surface area contributed by atoms with Crippen molar-refractivity contribution in [1.29, 1.82) is 0 Å². The van der Waals surface area contributed by atoms with Gasteiger partial charge in [0.1, 0.15) is 5.25 Å². The number of hydrogen-bond acceptors (Lipinski definition) is 4. The van der Waals surface area contributed by atoms with Gasteiger partial charge in [0.05, 0.1) is 14.2 Å². The first-order valence-electron chi connectivity index (χ1n) is 6.41. The molecule has 4 nitrogen and oxygen atoms in total. The summed E-state index contributed by atoms with van der Waals surface area (Å²) in [5, 5.41) is 8.86. The van der Waals surface area contributed by atoms with Crippen molar-refractivity contribution in [3.8, 4) is 22.6 Å². The second kappa shape index (κ2) is 6.96. The Kier molecular flexibility index (Phi) is 5.45. The Balaban J connectivity index is 0.00000176. The molecule has 1 unspecified atom stereocenters. The molecule has 3 rings (SSSR count). The number of rotatable bonds is 3. The van der Waals surface area contributed by atoms with E-state index in [2.05, 4.69) is 0 Å². The summed E-state index contributed by atoms with van der Waals surface area (Å²) in [4.78, 5) is 12.4. The minimum absolute atomic E-state index is 0. The van der Waals surface area contributed by atoms with Gasteiger partial charge in [0, 0.05) is 10.5 Å². The Morgan fingerprint density at radius 1 is 1.14 bits per heavy atom. The number of carboxylic acid groups (broad SMARTS) is 1. The van der Waals surface area contributed by atoms with Crippen molar-refractivity contribution < 1.29 is 19.4 Å². The van der Waals surface area contributed by atoms with E-state index in [9.17, 15) is 9.90 Å². The standard InChI is InChI=1S/C16H14O4S.Na.H/c1-19-11-7-8-12-13(14(11)20-2)9-5-3-4-6-10(9)15(21-12)16(17)18;;/h3-8,15H,1-2H3,(H,17,18);;. The van der Waals surface area contributed by atoms with Gasteiger partial charge in [-0.05, 0) is 23.3 Å². The Morgan fingerprint density at radius 2 is 1.86 bits per heavy atom. The first-order chi connectivity index (χ1) is 10.2. The van der Waals surface area contributed by atoms with Gasteiger partial charge < -0.3 is 14.6 Å². The third kappa shape index (κ3) is 2.74. The molecule has 0 bridgehead atoms. The Hall–Kier alpha value is -1.14. The van der Waals surface area contributed by atoms with Crippen LogP contribution < -0.4 is 9.47 Å². The van der Waals surface area contributed by atoms with Crippen LogP contribution in [0.1, 0.15) is 10.8 Å². The summed E-state index contributed by atoms with van der Waals surface area (Å²) >= 11 is 1.32. The molecule has 2 aromatic rings. The van der Waals surface area contributed by atoms with E-state index in [0.29, 0.717) is 11.5 Å². The number of methoxy groups -OCH3 is 2. The quantitative estimate of drug-likeness (QED) is 0.879. The van der Waals surface area contributed by atoms with Crippen molar-refractivity contribution in [3.63, 3.8) is 0 Å². The molecule has 0 fully saturated rings.